The van der Waals surface area contributed by atoms with E-state index >= 15 is 0 Å². The molecule has 30 heavy (non-hydrogen) atoms. The molecule has 0 spiro atoms. The average Bonchev–Trinajstić information content (AvgIpc) is 2.73. The highest BCUT2D eigenvalue weighted by Gasteiger charge is 2.29. The van der Waals surface area contributed by atoms with E-state index in [9.17, 15) is 19.1 Å². The van der Waals surface area contributed by atoms with Crippen molar-refractivity contribution in [3.63, 3.8) is 0 Å². The topological polar surface area (TPSA) is 129 Å². The molecule has 1 aromatic heterocycles. The third-order valence-corrected chi connectivity index (χ3v) is 5.15. The van der Waals surface area contributed by atoms with Crippen LogP contribution >= 0.6 is 7.75 Å². The van der Waals surface area contributed by atoms with Gasteiger partial charge in [0.25, 0.3) is 0 Å². The summed E-state index contributed by atoms with van der Waals surface area (Å²) in [6.45, 7) is 0.345. The maximum Gasteiger partial charge on any atom is 0.434 e. The molecule has 0 saturated carbocycles. The fourth-order valence-corrected chi connectivity index (χ4v) is 3.68. The van der Waals surface area contributed by atoms with Crippen LogP contribution in [0.3, 0.4) is 0 Å². The number of amides is 1. The highest BCUT2D eigenvalue weighted by Crippen LogP contribution is 2.51. The van der Waals surface area contributed by atoms with Gasteiger partial charge in [0.05, 0.1) is 23.6 Å². The molecule has 0 unspecified atom stereocenters. The molecule has 2 aromatic carbocycles. The van der Waals surface area contributed by atoms with Gasteiger partial charge < -0.3 is 15.5 Å². The van der Waals surface area contributed by atoms with Gasteiger partial charge in [0.2, 0.25) is 6.41 Å². The summed E-state index contributed by atoms with van der Waals surface area (Å²) in [5, 5.41) is 1.14. The van der Waals surface area contributed by atoms with Crippen LogP contribution in [0.2, 0.25) is 0 Å². The smallest absolute Gasteiger partial charge is 0.397 e. The number of nitrogens with two attached hydrogens (primary N) is 1. The van der Waals surface area contributed by atoms with Gasteiger partial charge >= 0.3 is 7.75 Å². The van der Waals surface area contributed by atoms with Gasteiger partial charge in [-0.3, -0.25) is 14.6 Å². The molecule has 0 aliphatic heterocycles. The third kappa shape index (κ3) is 5.43. The predicted octanol–water partition coefficient (Wildman–Crippen LogP) is 2.98. The minimum Gasteiger partial charge on any atom is -0.397 e. The number of rotatable bonds is 9. The molecule has 0 saturated heterocycles. The number of pyridine rings is 1. The molecule has 1 heterocycles. The van der Waals surface area contributed by atoms with Crippen LogP contribution in [0.25, 0.3) is 0 Å². The molecule has 1 amide bonds. The van der Waals surface area contributed by atoms with E-state index in [-0.39, 0.29) is 30.2 Å². The van der Waals surface area contributed by atoms with E-state index in [1.165, 1.54) is 6.07 Å². The van der Waals surface area contributed by atoms with E-state index < -0.39 is 7.75 Å². The molecular weight excluding hydrogens is 407 g/mol. The minimum absolute atomic E-state index is 0.160. The summed E-state index contributed by atoms with van der Waals surface area (Å²) in [4.78, 5) is 40.5. The van der Waals surface area contributed by atoms with Crippen LogP contribution in [0.1, 0.15) is 11.1 Å². The van der Waals surface area contributed by atoms with E-state index in [0.717, 1.165) is 15.3 Å². The Hall–Kier alpha value is -3.23. The van der Waals surface area contributed by atoms with Gasteiger partial charge in [0.1, 0.15) is 6.61 Å². The lowest BCUT2D eigenvalue weighted by Gasteiger charge is -2.26. The molecule has 0 radical (unpaired) electrons. The Labute approximate surface area is 173 Å². The zero-order valence-electron chi connectivity index (χ0n) is 15.9. The van der Waals surface area contributed by atoms with Crippen LogP contribution in [0.15, 0.2) is 73.1 Å². The predicted molar refractivity (Wildman–Crippen MR) is 112 cm³/mol. The standard InChI is InChI=1S/C20H21N4O5P/c21-19-5-1-2-6-20(19)24(30(26,27)28)18-9-7-16(8-10-18)13-23(15-25)29-14-17-4-3-11-22-12-17/h1-12,15H,13-14,21H2,(H2,26,27,28). The Balaban J connectivity index is 1.74. The van der Waals surface area contributed by atoms with E-state index in [2.05, 4.69) is 4.98 Å². The lowest BCUT2D eigenvalue weighted by atomic mass is 10.2. The highest BCUT2D eigenvalue weighted by molar-refractivity contribution is 7.54. The lowest BCUT2D eigenvalue weighted by Crippen LogP contribution is -2.21. The summed E-state index contributed by atoms with van der Waals surface area (Å²) in [5.74, 6) is 0. The van der Waals surface area contributed by atoms with Gasteiger partial charge in [0.15, 0.2) is 0 Å². The van der Waals surface area contributed by atoms with Crippen LogP contribution in [0, 0.1) is 0 Å². The van der Waals surface area contributed by atoms with E-state index in [0.29, 0.717) is 12.0 Å². The fourth-order valence-electron chi connectivity index (χ4n) is 2.79. The molecule has 0 aliphatic carbocycles. The number of carbonyl (C=O) groups excluding carboxylic acids is 1. The van der Waals surface area contributed by atoms with E-state index in [1.54, 1.807) is 60.9 Å². The molecule has 3 rings (SSSR count). The summed E-state index contributed by atoms with van der Waals surface area (Å²) in [6.07, 6.45) is 3.85. The number of hydrogen-bond donors (Lipinski definition) is 3. The minimum atomic E-state index is -4.68. The summed E-state index contributed by atoms with van der Waals surface area (Å²) in [7, 11) is -4.68. The summed E-state index contributed by atoms with van der Waals surface area (Å²) < 4.78 is 13.0. The second kappa shape index (κ2) is 9.51. The third-order valence-electron chi connectivity index (χ3n) is 4.18. The molecule has 0 aliphatic rings. The molecule has 3 aromatic rings. The monoisotopic (exact) mass is 428 g/mol. The van der Waals surface area contributed by atoms with Crippen molar-refractivity contribution in [2.24, 2.45) is 0 Å². The first-order chi connectivity index (χ1) is 14.4. The Morgan fingerprint density at radius 1 is 1.03 bits per heavy atom. The average molecular weight is 428 g/mol. The zero-order valence-corrected chi connectivity index (χ0v) is 16.8. The van der Waals surface area contributed by atoms with Crippen molar-refractivity contribution in [2.45, 2.75) is 13.2 Å². The Morgan fingerprint density at radius 3 is 2.37 bits per heavy atom. The molecule has 0 fully saturated rings. The number of anilines is 3. The van der Waals surface area contributed by atoms with Gasteiger partial charge in [0, 0.05) is 12.4 Å². The first-order valence-corrected chi connectivity index (χ1v) is 10.5. The molecule has 9 nitrogen and oxygen atoms in total. The van der Waals surface area contributed by atoms with Crippen molar-refractivity contribution in [3.05, 3.63) is 84.2 Å². The molecule has 10 heteroatoms. The molecule has 0 atom stereocenters. The highest BCUT2D eigenvalue weighted by atomic mass is 31.2. The Kier molecular flexibility index (Phi) is 6.81. The van der Waals surface area contributed by atoms with Gasteiger partial charge in [-0.2, -0.15) is 0 Å². The maximum atomic E-state index is 12.1. The second-order valence-electron chi connectivity index (χ2n) is 6.37. The normalized spacial score (nSPS) is 11.1. The fraction of sp³-hybridized carbons (Fsp3) is 0.100. The van der Waals surface area contributed by atoms with Crippen molar-refractivity contribution in [1.82, 2.24) is 10.0 Å². The van der Waals surface area contributed by atoms with Crippen LogP contribution in [0.5, 0.6) is 0 Å². The molecule has 4 N–H and O–H groups in total. The van der Waals surface area contributed by atoms with Gasteiger partial charge in [-0.15, -0.1) is 0 Å². The van der Waals surface area contributed by atoms with Crippen LogP contribution < -0.4 is 10.4 Å². The number of benzene rings is 2. The van der Waals surface area contributed by atoms with Crippen molar-refractivity contribution in [1.29, 1.82) is 0 Å². The van der Waals surface area contributed by atoms with Crippen LogP contribution in [0.4, 0.5) is 17.1 Å². The van der Waals surface area contributed by atoms with Gasteiger partial charge in [-0.05, 0) is 41.5 Å². The molecule has 156 valence electrons. The Morgan fingerprint density at radius 2 is 1.77 bits per heavy atom. The largest absolute Gasteiger partial charge is 0.434 e. The first-order valence-electron chi connectivity index (χ1n) is 8.92. The van der Waals surface area contributed by atoms with Gasteiger partial charge in [-0.25, -0.2) is 14.3 Å². The maximum absolute atomic E-state index is 12.1. The first kappa shape index (κ1) is 21.5. The van der Waals surface area contributed by atoms with Crippen molar-refractivity contribution >= 4 is 31.2 Å². The summed E-state index contributed by atoms with van der Waals surface area (Å²) in [5.41, 5.74) is 8.13. The number of carbonyl (C=O) groups is 1. The number of hydroxylamine groups is 2. The summed E-state index contributed by atoms with van der Waals surface area (Å²) >= 11 is 0. The number of aromatic nitrogens is 1. The van der Waals surface area contributed by atoms with E-state index in [4.69, 9.17) is 10.6 Å². The quantitative estimate of drug-likeness (QED) is 0.205. The Bertz CT molecular complexity index is 1030. The number of para-hydroxylation sites is 2. The van der Waals surface area contributed by atoms with Crippen LogP contribution in [-0.2, 0) is 27.3 Å². The number of nitrogens with zero attached hydrogens (tertiary/aromatic N) is 3. The molecular formula is C20H21N4O5P. The van der Waals surface area contributed by atoms with E-state index in [1.807, 2.05) is 6.07 Å². The summed E-state index contributed by atoms with van der Waals surface area (Å²) in [6, 6.07) is 16.4. The lowest BCUT2D eigenvalue weighted by molar-refractivity contribution is -0.181. The zero-order chi connectivity index (χ0) is 21.6. The van der Waals surface area contributed by atoms with Gasteiger partial charge in [-0.1, -0.05) is 30.3 Å². The van der Waals surface area contributed by atoms with Crippen molar-refractivity contribution in [3.8, 4) is 0 Å². The van der Waals surface area contributed by atoms with Crippen LogP contribution in [-0.4, -0.2) is 26.2 Å². The van der Waals surface area contributed by atoms with Crippen molar-refractivity contribution in [2.75, 3.05) is 10.4 Å². The number of hydrogen-bond acceptors (Lipinski definition) is 5. The SMILES string of the molecule is Nc1ccccc1N(c1ccc(CN(C=O)OCc2cccnc2)cc1)P(=O)(O)O. The molecule has 0 bridgehead atoms. The number of nitrogen functional groups attached to an aromatic ring is 1. The second-order valence-corrected chi connectivity index (χ2v) is 7.79. The van der Waals surface area contributed by atoms with Crippen molar-refractivity contribution < 1.29 is 24.0 Å².